The molecule has 1 N–H and O–H groups in total. The Morgan fingerprint density at radius 2 is 2.10 bits per heavy atom. The van der Waals surface area contributed by atoms with E-state index in [9.17, 15) is 9.59 Å². The van der Waals surface area contributed by atoms with Gasteiger partial charge in [0.1, 0.15) is 22.7 Å². The van der Waals surface area contributed by atoms with Crippen LogP contribution in [-0.2, 0) is 11.3 Å². The first kappa shape index (κ1) is 18.8. The molecule has 4 aromatic heterocycles. The fraction of sp³-hybridized carbons (Fsp3) is 0.136. The lowest BCUT2D eigenvalue weighted by molar-refractivity contribution is -0.122. The fourth-order valence-corrected chi connectivity index (χ4v) is 5.14. The van der Waals surface area contributed by atoms with Crippen LogP contribution in [0.3, 0.4) is 0 Å². The van der Waals surface area contributed by atoms with E-state index in [0.717, 1.165) is 21.4 Å². The first-order chi connectivity index (χ1) is 14.6. The second-order valence-electron chi connectivity index (χ2n) is 6.96. The van der Waals surface area contributed by atoms with Crippen LogP contribution in [0.15, 0.2) is 68.8 Å². The monoisotopic (exact) mass is 435 g/mol. The lowest BCUT2D eigenvalue weighted by Gasteiger charge is -2.12. The number of hydrogen-bond acceptors (Lipinski definition) is 6. The van der Waals surface area contributed by atoms with Crippen LogP contribution < -0.4 is 10.9 Å². The highest BCUT2D eigenvalue weighted by Gasteiger charge is 2.17. The minimum atomic E-state index is -0.319. The largest absolute Gasteiger partial charge is 0.459 e. The third-order valence-corrected chi connectivity index (χ3v) is 6.70. The maximum Gasteiger partial charge on any atom is 0.263 e. The normalized spacial score (nSPS) is 12.4. The molecule has 0 saturated heterocycles. The van der Waals surface area contributed by atoms with Crippen LogP contribution in [0.2, 0.25) is 0 Å². The van der Waals surface area contributed by atoms with Crippen molar-refractivity contribution >= 4 is 49.8 Å². The van der Waals surface area contributed by atoms with E-state index in [1.807, 2.05) is 60.1 Å². The second kappa shape index (κ2) is 7.55. The van der Waals surface area contributed by atoms with Crippen molar-refractivity contribution in [1.29, 1.82) is 0 Å². The predicted octanol–water partition coefficient (Wildman–Crippen LogP) is 4.81. The lowest BCUT2D eigenvalue weighted by Crippen LogP contribution is -2.33. The van der Waals surface area contributed by atoms with Gasteiger partial charge in [0.2, 0.25) is 5.91 Å². The molecule has 1 amide bonds. The van der Waals surface area contributed by atoms with E-state index in [2.05, 4.69) is 10.3 Å². The number of furan rings is 1. The molecule has 30 heavy (non-hydrogen) atoms. The smallest absolute Gasteiger partial charge is 0.263 e. The Hall–Kier alpha value is -3.23. The summed E-state index contributed by atoms with van der Waals surface area (Å²) in [6.45, 7) is 1.75. The molecule has 0 aliphatic rings. The summed E-state index contributed by atoms with van der Waals surface area (Å²) in [5.74, 6) is 0.391. The SMILES string of the molecule is CC(NC(=O)Cn1cnc2scc(-c3cccs3)c2c1=O)c1cc2ccccc2o1. The zero-order valence-electron chi connectivity index (χ0n) is 16.0. The summed E-state index contributed by atoms with van der Waals surface area (Å²) < 4.78 is 7.17. The van der Waals surface area contributed by atoms with Crippen LogP contribution in [0.4, 0.5) is 0 Å². The summed E-state index contributed by atoms with van der Waals surface area (Å²) in [7, 11) is 0. The molecule has 150 valence electrons. The number of para-hydroxylation sites is 1. The molecular formula is C22H17N3O3S2. The van der Waals surface area contributed by atoms with E-state index in [1.165, 1.54) is 22.2 Å². The second-order valence-corrected chi connectivity index (χ2v) is 8.77. The lowest BCUT2D eigenvalue weighted by atomic mass is 10.2. The molecule has 5 rings (SSSR count). The van der Waals surface area contributed by atoms with Gasteiger partial charge in [-0.3, -0.25) is 14.2 Å². The maximum absolute atomic E-state index is 13.1. The number of nitrogens with zero attached hydrogens (tertiary/aromatic N) is 2. The van der Waals surface area contributed by atoms with Gasteiger partial charge in [-0.25, -0.2) is 4.98 Å². The summed E-state index contributed by atoms with van der Waals surface area (Å²) >= 11 is 3.01. The van der Waals surface area contributed by atoms with Crippen molar-refractivity contribution in [3.05, 3.63) is 75.7 Å². The first-order valence-corrected chi connectivity index (χ1v) is 11.1. The third kappa shape index (κ3) is 3.34. The zero-order chi connectivity index (χ0) is 20.7. The highest BCUT2D eigenvalue weighted by molar-refractivity contribution is 7.18. The number of aromatic nitrogens is 2. The number of fused-ring (bicyclic) bond motifs is 2. The standard InChI is InChI=1S/C22H17N3O3S2/c1-13(17-9-14-5-2-3-6-16(14)28-17)24-19(26)10-25-12-23-21-20(22(25)27)15(11-30-21)18-7-4-8-29-18/h2-9,11-13H,10H2,1H3,(H,24,26). The van der Waals surface area contributed by atoms with Crippen LogP contribution in [0, 0.1) is 0 Å². The molecule has 4 heterocycles. The Balaban J connectivity index is 1.38. The van der Waals surface area contributed by atoms with Crippen LogP contribution in [-0.4, -0.2) is 15.5 Å². The quantitative estimate of drug-likeness (QED) is 0.430. The molecule has 0 aliphatic heterocycles. The van der Waals surface area contributed by atoms with Gasteiger partial charge in [-0.1, -0.05) is 24.3 Å². The molecule has 0 fully saturated rings. The van der Waals surface area contributed by atoms with Crippen molar-refractivity contribution < 1.29 is 9.21 Å². The Kier molecular flexibility index (Phi) is 4.72. The summed E-state index contributed by atoms with van der Waals surface area (Å²) in [6.07, 6.45) is 1.44. The zero-order valence-corrected chi connectivity index (χ0v) is 17.6. The Morgan fingerprint density at radius 3 is 2.90 bits per heavy atom. The van der Waals surface area contributed by atoms with Crippen LogP contribution in [0.5, 0.6) is 0 Å². The summed E-state index contributed by atoms with van der Waals surface area (Å²) in [4.78, 5) is 31.7. The minimum Gasteiger partial charge on any atom is -0.459 e. The average Bonchev–Trinajstić information content (AvgIpc) is 3.48. The van der Waals surface area contributed by atoms with Gasteiger partial charge in [0.05, 0.1) is 17.8 Å². The van der Waals surface area contributed by atoms with Crippen LogP contribution in [0.25, 0.3) is 31.6 Å². The van der Waals surface area contributed by atoms with Gasteiger partial charge in [-0.15, -0.1) is 22.7 Å². The van der Waals surface area contributed by atoms with Crippen molar-refractivity contribution in [2.75, 3.05) is 0 Å². The Morgan fingerprint density at radius 1 is 1.23 bits per heavy atom. The molecule has 1 atom stereocenters. The number of carbonyl (C=O) groups is 1. The predicted molar refractivity (Wildman–Crippen MR) is 120 cm³/mol. The number of carbonyl (C=O) groups excluding carboxylic acids is 1. The molecule has 0 radical (unpaired) electrons. The number of thiophene rings is 2. The number of hydrogen-bond donors (Lipinski definition) is 1. The molecule has 6 nitrogen and oxygen atoms in total. The minimum absolute atomic E-state index is 0.105. The van der Waals surface area contributed by atoms with Crippen LogP contribution in [0.1, 0.15) is 18.7 Å². The van der Waals surface area contributed by atoms with Crippen LogP contribution >= 0.6 is 22.7 Å². The first-order valence-electron chi connectivity index (χ1n) is 9.38. The molecule has 1 unspecified atom stereocenters. The topological polar surface area (TPSA) is 77.1 Å². The third-order valence-electron chi connectivity index (χ3n) is 4.91. The average molecular weight is 436 g/mol. The van der Waals surface area contributed by atoms with E-state index >= 15 is 0 Å². The van der Waals surface area contributed by atoms with Crippen molar-refractivity contribution in [3.63, 3.8) is 0 Å². The van der Waals surface area contributed by atoms with Gasteiger partial charge in [0.15, 0.2) is 0 Å². The fourth-order valence-electron chi connectivity index (χ4n) is 3.42. The van der Waals surface area contributed by atoms with Crippen molar-refractivity contribution in [3.8, 4) is 10.4 Å². The van der Waals surface area contributed by atoms with E-state index in [4.69, 9.17) is 4.42 Å². The van der Waals surface area contributed by atoms with Gasteiger partial charge in [0, 0.05) is 21.2 Å². The van der Waals surface area contributed by atoms with Crippen molar-refractivity contribution in [2.45, 2.75) is 19.5 Å². The molecule has 0 saturated carbocycles. The maximum atomic E-state index is 13.1. The summed E-state index contributed by atoms with van der Waals surface area (Å²) in [5.41, 5.74) is 1.43. The highest BCUT2D eigenvalue weighted by atomic mass is 32.1. The van der Waals surface area contributed by atoms with Gasteiger partial charge in [0.25, 0.3) is 5.56 Å². The Labute approximate surface area is 179 Å². The van der Waals surface area contributed by atoms with Gasteiger partial charge in [-0.05, 0) is 30.5 Å². The van der Waals surface area contributed by atoms with Gasteiger partial charge in [-0.2, -0.15) is 0 Å². The van der Waals surface area contributed by atoms with E-state index in [-0.39, 0.29) is 24.1 Å². The highest BCUT2D eigenvalue weighted by Crippen LogP contribution is 2.33. The molecule has 0 bridgehead atoms. The molecule has 0 aliphatic carbocycles. The van der Waals surface area contributed by atoms with Gasteiger partial charge < -0.3 is 9.73 Å². The van der Waals surface area contributed by atoms with Crippen molar-refractivity contribution in [2.24, 2.45) is 0 Å². The Bertz CT molecular complexity index is 1380. The molecule has 5 aromatic rings. The van der Waals surface area contributed by atoms with E-state index < -0.39 is 0 Å². The number of rotatable bonds is 5. The molecular weight excluding hydrogens is 418 g/mol. The molecule has 8 heteroatoms. The number of nitrogens with one attached hydrogen (secondary N) is 1. The number of benzene rings is 1. The van der Waals surface area contributed by atoms with Gasteiger partial charge >= 0.3 is 0 Å². The molecule has 0 spiro atoms. The van der Waals surface area contributed by atoms with E-state index in [1.54, 1.807) is 11.3 Å². The number of amides is 1. The summed E-state index contributed by atoms with van der Waals surface area (Å²) in [6, 6.07) is 13.2. The van der Waals surface area contributed by atoms with Crippen molar-refractivity contribution in [1.82, 2.24) is 14.9 Å². The molecule has 1 aromatic carbocycles. The van der Waals surface area contributed by atoms with E-state index in [0.29, 0.717) is 16.0 Å². The summed E-state index contributed by atoms with van der Waals surface area (Å²) in [5, 5.41) is 8.36.